The van der Waals surface area contributed by atoms with Gasteiger partial charge in [-0.05, 0) is 41.4 Å². The molecule has 0 saturated carbocycles. The van der Waals surface area contributed by atoms with Gasteiger partial charge < -0.3 is 10.1 Å². The standard InChI is InChI=1S/C14H17BrN4O/c1-4-16-13-11(15)10(8-20-3)18-14(19-13)12-9(2)6-5-7-17-12/h5-7H,4,8H2,1-3H3,(H,16,18,19). The first kappa shape index (κ1) is 14.9. The van der Waals surface area contributed by atoms with Gasteiger partial charge in [0.1, 0.15) is 11.5 Å². The van der Waals surface area contributed by atoms with E-state index in [1.54, 1.807) is 13.3 Å². The Labute approximate surface area is 127 Å². The first-order valence-electron chi connectivity index (χ1n) is 6.38. The molecule has 2 rings (SSSR count). The highest BCUT2D eigenvalue weighted by atomic mass is 79.9. The number of halogens is 1. The molecule has 106 valence electrons. The summed E-state index contributed by atoms with van der Waals surface area (Å²) < 4.78 is 6.03. The zero-order valence-corrected chi connectivity index (χ0v) is 13.4. The molecule has 2 aromatic rings. The molecule has 6 heteroatoms. The molecule has 0 atom stereocenters. The zero-order valence-electron chi connectivity index (χ0n) is 11.8. The Morgan fingerprint density at radius 3 is 2.80 bits per heavy atom. The molecule has 1 N–H and O–H groups in total. The highest BCUT2D eigenvalue weighted by Gasteiger charge is 2.14. The van der Waals surface area contributed by atoms with E-state index in [4.69, 9.17) is 4.74 Å². The molecule has 2 heterocycles. The summed E-state index contributed by atoms with van der Waals surface area (Å²) in [5.41, 5.74) is 2.63. The van der Waals surface area contributed by atoms with Gasteiger partial charge in [0.2, 0.25) is 0 Å². The molecule has 0 spiro atoms. The van der Waals surface area contributed by atoms with E-state index in [9.17, 15) is 0 Å². The third-order valence-corrected chi connectivity index (χ3v) is 3.60. The molecule has 0 aliphatic heterocycles. The second-order valence-corrected chi connectivity index (χ2v) is 5.08. The van der Waals surface area contributed by atoms with Crippen molar-refractivity contribution in [3.63, 3.8) is 0 Å². The van der Waals surface area contributed by atoms with E-state index in [1.807, 2.05) is 26.0 Å². The van der Waals surface area contributed by atoms with Crippen LogP contribution in [-0.2, 0) is 11.3 Å². The fourth-order valence-corrected chi connectivity index (χ4v) is 2.27. The van der Waals surface area contributed by atoms with Gasteiger partial charge in [-0.2, -0.15) is 0 Å². The summed E-state index contributed by atoms with van der Waals surface area (Å²) in [5, 5.41) is 3.22. The first-order valence-corrected chi connectivity index (χ1v) is 7.17. The van der Waals surface area contributed by atoms with Crippen LogP contribution in [0.3, 0.4) is 0 Å². The second kappa shape index (κ2) is 6.76. The van der Waals surface area contributed by atoms with Crippen LogP contribution in [0.4, 0.5) is 5.82 Å². The lowest BCUT2D eigenvalue weighted by atomic mass is 10.2. The number of ether oxygens (including phenoxy) is 1. The third-order valence-electron chi connectivity index (χ3n) is 2.77. The van der Waals surface area contributed by atoms with Gasteiger partial charge in [-0.3, -0.25) is 4.98 Å². The molecular formula is C14H17BrN4O. The van der Waals surface area contributed by atoms with Crippen molar-refractivity contribution in [2.75, 3.05) is 19.0 Å². The number of pyridine rings is 1. The minimum atomic E-state index is 0.417. The lowest BCUT2D eigenvalue weighted by Gasteiger charge is -2.12. The lowest BCUT2D eigenvalue weighted by molar-refractivity contribution is 0.181. The number of aryl methyl sites for hydroxylation is 1. The number of hydrogen-bond donors (Lipinski definition) is 1. The molecule has 0 bridgehead atoms. The summed E-state index contributed by atoms with van der Waals surface area (Å²) >= 11 is 3.52. The Morgan fingerprint density at radius 2 is 2.15 bits per heavy atom. The van der Waals surface area contributed by atoms with E-state index >= 15 is 0 Å². The highest BCUT2D eigenvalue weighted by molar-refractivity contribution is 9.10. The topological polar surface area (TPSA) is 59.9 Å². The van der Waals surface area contributed by atoms with Crippen LogP contribution in [0, 0.1) is 6.92 Å². The Kier molecular flexibility index (Phi) is 5.03. The summed E-state index contributed by atoms with van der Waals surface area (Å²) in [7, 11) is 1.65. The Hall–Kier alpha value is -1.53. The smallest absolute Gasteiger partial charge is 0.180 e. The van der Waals surface area contributed by atoms with Crippen molar-refractivity contribution in [1.29, 1.82) is 0 Å². The maximum absolute atomic E-state index is 5.19. The van der Waals surface area contributed by atoms with Crippen molar-refractivity contribution in [3.8, 4) is 11.5 Å². The van der Waals surface area contributed by atoms with Gasteiger partial charge in [-0.1, -0.05) is 6.07 Å². The van der Waals surface area contributed by atoms with Crippen LogP contribution < -0.4 is 5.32 Å². The Morgan fingerprint density at radius 1 is 1.35 bits per heavy atom. The molecule has 0 amide bonds. The van der Waals surface area contributed by atoms with Gasteiger partial charge in [0, 0.05) is 19.9 Å². The van der Waals surface area contributed by atoms with Crippen molar-refractivity contribution in [2.45, 2.75) is 20.5 Å². The fourth-order valence-electron chi connectivity index (χ4n) is 1.84. The number of hydrogen-bond acceptors (Lipinski definition) is 5. The average Bonchev–Trinajstić information content (AvgIpc) is 2.44. The summed E-state index contributed by atoms with van der Waals surface area (Å²) in [6.07, 6.45) is 1.75. The van der Waals surface area contributed by atoms with Crippen molar-refractivity contribution < 1.29 is 4.74 Å². The summed E-state index contributed by atoms with van der Waals surface area (Å²) in [4.78, 5) is 13.5. The van der Waals surface area contributed by atoms with Gasteiger partial charge in [-0.15, -0.1) is 0 Å². The van der Waals surface area contributed by atoms with E-state index in [0.29, 0.717) is 12.4 Å². The number of nitrogens with one attached hydrogen (secondary N) is 1. The van der Waals surface area contributed by atoms with Gasteiger partial charge in [0.25, 0.3) is 0 Å². The molecule has 0 aromatic carbocycles. The van der Waals surface area contributed by atoms with E-state index < -0.39 is 0 Å². The molecule has 0 aliphatic carbocycles. The zero-order chi connectivity index (χ0) is 14.5. The Bertz CT molecular complexity index is 576. The van der Waals surface area contributed by atoms with Crippen LogP contribution >= 0.6 is 15.9 Å². The second-order valence-electron chi connectivity index (χ2n) is 4.29. The molecule has 5 nitrogen and oxygen atoms in total. The number of nitrogens with zero attached hydrogens (tertiary/aromatic N) is 3. The molecule has 0 radical (unpaired) electrons. The first-order chi connectivity index (χ1) is 9.67. The molecule has 0 saturated heterocycles. The van der Waals surface area contributed by atoms with Crippen molar-refractivity contribution in [1.82, 2.24) is 15.0 Å². The minimum absolute atomic E-state index is 0.417. The van der Waals surface area contributed by atoms with E-state index in [-0.39, 0.29) is 0 Å². The van der Waals surface area contributed by atoms with Crippen molar-refractivity contribution >= 4 is 21.7 Å². The molecule has 20 heavy (non-hydrogen) atoms. The molecule has 2 aromatic heterocycles. The number of aromatic nitrogens is 3. The Balaban J connectivity index is 2.56. The third kappa shape index (κ3) is 3.13. The average molecular weight is 337 g/mol. The van der Waals surface area contributed by atoms with E-state index in [1.165, 1.54) is 0 Å². The SMILES string of the molecule is CCNc1nc(-c2ncccc2C)nc(COC)c1Br. The lowest BCUT2D eigenvalue weighted by Crippen LogP contribution is -2.07. The van der Waals surface area contributed by atoms with E-state index in [2.05, 4.69) is 36.2 Å². The predicted molar refractivity (Wildman–Crippen MR) is 82.6 cm³/mol. The minimum Gasteiger partial charge on any atom is -0.378 e. The maximum Gasteiger partial charge on any atom is 0.180 e. The number of rotatable bonds is 5. The quantitative estimate of drug-likeness (QED) is 0.908. The van der Waals surface area contributed by atoms with E-state index in [0.717, 1.165) is 33.8 Å². The van der Waals surface area contributed by atoms with Crippen LogP contribution in [0.15, 0.2) is 22.8 Å². The largest absolute Gasteiger partial charge is 0.378 e. The number of anilines is 1. The summed E-state index contributed by atoms with van der Waals surface area (Å²) in [6, 6.07) is 3.90. The molecule has 0 unspecified atom stereocenters. The van der Waals surface area contributed by atoms with Gasteiger partial charge >= 0.3 is 0 Å². The normalized spacial score (nSPS) is 10.6. The van der Waals surface area contributed by atoms with Crippen LogP contribution in [0.2, 0.25) is 0 Å². The molecule has 0 fully saturated rings. The predicted octanol–water partition coefficient (Wildman–Crippen LogP) is 3.19. The van der Waals surface area contributed by atoms with Crippen molar-refractivity contribution in [2.24, 2.45) is 0 Å². The van der Waals surface area contributed by atoms with Crippen LogP contribution in [-0.4, -0.2) is 28.6 Å². The van der Waals surface area contributed by atoms with Gasteiger partial charge in [0.05, 0.1) is 16.8 Å². The molecule has 0 aliphatic rings. The van der Waals surface area contributed by atoms with Crippen LogP contribution in [0.5, 0.6) is 0 Å². The van der Waals surface area contributed by atoms with Crippen LogP contribution in [0.1, 0.15) is 18.2 Å². The van der Waals surface area contributed by atoms with Crippen molar-refractivity contribution in [3.05, 3.63) is 34.1 Å². The summed E-state index contributed by atoms with van der Waals surface area (Å²) in [5.74, 6) is 1.36. The van der Waals surface area contributed by atoms with Crippen LogP contribution in [0.25, 0.3) is 11.5 Å². The maximum atomic E-state index is 5.19. The summed E-state index contributed by atoms with van der Waals surface area (Å²) in [6.45, 7) is 5.22. The van der Waals surface area contributed by atoms with Gasteiger partial charge in [-0.25, -0.2) is 9.97 Å². The monoisotopic (exact) mass is 336 g/mol. The molecular weight excluding hydrogens is 320 g/mol. The number of methoxy groups -OCH3 is 1. The highest BCUT2D eigenvalue weighted by Crippen LogP contribution is 2.28. The van der Waals surface area contributed by atoms with Gasteiger partial charge in [0.15, 0.2) is 5.82 Å². The fraction of sp³-hybridized carbons (Fsp3) is 0.357.